The first-order valence-corrected chi connectivity index (χ1v) is 11.1. The molecule has 33 heavy (non-hydrogen) atoms. The lowest BCUT2D eigenvalue weighted by Crippen LogP contribution is -2.11. The highest BCUT2D eigenvalue weighted by molar-refractivity contribution is 6.37. The van der Waals surface area contributed by atoms with E-state index in [1.54, 1.807) is 43.3 Å². The Kier molecular flexibility index (Phi) is 11.3. The van der Waals surface area contributed by atoms with Gasteiger partial charge in [-0.1, -0.05) is 47.5 Å². The lowest BCUT2D eigenvalue weighted by molar-refractivity contribution is -0.130. The maximum atomic E-state index is 11.8. The van der Waals surface area contributed by atoms with Gasteiger partial charge < -0.3 is 28.8 Å². The molecule has 0 amide bonds. The van der Waals surface area contributed by atoms with Gasteiger partial charge in [-0.25, -0.2) is 4.79 Å². The van der Waals surface area contributed by atoms with Crippen molar-refractivity contribution in [1.29, 1.82) is 0 Å². The molecule has 7 nitrogen and oxygen atoms in total. The van der Waals surface area contributed by atoms with Crippen molar-refractivity contribution < 1.29 is 33.6 Å². The summed E-state index contributed by atoms with van der Waals surface area (Å²) in [7, 11) is 1.43. The van der Waals surface area contributed by atoms with E-state index in [-0.39, 0.29) is 18.8 Å². The molecule has 0 aliphatic heterocycles. The van der Waals surface area contributed by atoms with E-state index in [4.69, 9.17) is 46.9 Å². The number of aliphatic carboxylic acids is 1. The number of benzene rings is 2. The molecule has 0 atom stereocenters. The fourth-order valence-electron chi connectivity index (χ4n) is 2.93. The minimum atomic E-state index is -1.09. The number of methoxy groups -OCH3 is 1. The quantitative estimate of drug-likeness (QED) is 0.210. The molecule has 0 unspecified atom stereocenters. The molecule has 0 fully saturated rings. The van der Waals surface area contributed by atoms with Crippen LogP contribution in [0.3, 0.4) is 0 Å². The first kappa shape index (κ1) is 26.8. The SMILES string of the molecule is CCOCCOCCOc1c(Cl)cc(OCc2ccccc2C(C(=O)O)=C(C)OC)cc1Cl. The molecule has 180 valence electrons. The van der Waals surface area contributed by atoms with E-state index < -0.39 is 5.97 Å². The Morgan fingerprint density at radius 2 is 1.61 bits per heavy atom. The zero-order valence-corrected chi connectivity index (χ0v) is 20.4. The minimum Gasteiger partial charge on any atom is -0.500 e. The van der Waals surface area contributed by atoms with Crippen LogP contribution in [0.1, 0.15) is 25.0 Å². The van der Waals surface area contributed by atoms with Gasteiger partial charge in [-0.05, 0) is 25.0 Å². The lowest BCUT2D eigenvalue weighted by Gasteiger charge is -2.15. The van der Waals surface area contributed by atoms with Crippen LogP contribution in [-0.4, -0.2) is 51.2 Å². The summed E-state index contributed by atoms with van der Waals surface area (Å²) in [5.74, 6) is -0.0311. The molecule has 0 saturated heterocycles. The van der Waals surface area contributed by atoms with Gasteiger partial charge in [0, 0.05) is 18.7 Å². The molecule has 2 aromatic carbocycles. The van der Waals surface area contributed by atoms with Gasteiger partial charge in [0.1, 0.15) is 30.3 Å². The summed E-state index contributed by atoms with van der Waals surface area (Å²) in [6.07, 6.45) is 0. The zero-order chi connectivity index (χ0) is 24.2. The monoisotopic (exact) mass is 498 g/mol. The molecular formula is C24H28Cl2O7. The maximum Gasteiger partial charge on any atom is 0.339 e. The molecule has 0 radical (unpaired) electrons. The average Bonchev–Trinajstić information content (AvgIpc) is 2.79. The van der Waals surface area contributed by atoms with E-state index >= 15 is 0 Å². The summed E-state index contributed by atoms with van der Waals surface area (Å²) in [5.41, 5.74) is 1.24. The molecular weight excluding hydrogens is 471 g/mol. The number of hydrogen-bond acceptors (Lipinski definition) is 6. The van der Waals surface area contributed by atoms with E-state index in [2.05, 4.69) is 0 Å². The highest BCUT2D eigenvalue weighted by Crippen LogP contribution is 2.37. The van der Waals surface area contributed by atoms with Gasteiger partial charge in [-0.15, -0.1) is 0 Å². The molecule has 0 saturated carbocycles. The second-order valence-electron chi connectivity index (χ2n) is 6.76. The summed E-state index contributed by atoms with van der Waals surface area (Å²) in [5, 5.41) is 10.2. The van der Waals surface area contributed by atoms with E-state index in [0.29, 0.717) is 64.9 Å². The predicted molar refractivity (Wildman–Crippen MR) is 127 cm³/mol. The topological polar surface area (TPSA) is 83.5 Å². The Balaban J connectivity index is 2.05. The third-order valence-electron chi connectivity index (χ3n) is 4.58. The second-order valence-corrected chi connectivity index (χ2v) is 7.57. The van der Waals surface area contributed by atoms with Crippen LogP contribution in [0.4, 0.5) is 0 Å². The largest absolute Gasteiger partial charge is 0.500 e. The molecule has 0 bridgehead atoms. The van der Waals surface area contributed by atoms with Gasteiger partial charge >= 0.3 is 5.97 Å². The van der Waals surface area contributed by atoms with Crippen LogP contribution in [0.15, 0.2) is 42.2 Å². The first-order valence-electron chi connectivity index (χ1n) is 10.4. The number of halogens is 2. The highest BCUT2D eigenvalue weighted by atomic mass is 35.5. The normalized spacial score (nSPS) is 11.7. The van der Waals surface area contributed by atoms with Crippen LogP contribution in [0.25, 0.3) is 5.57 Å². The van der Waals surface area contributed by atoms with E-state index in [0.717, 1.165) is 0 Å². The molecule has 0 heterocycles. The second kappa shape index (κ2) is 14.0. The van der Waals surface area contributed by atoms with Crippen LogP contribution < -0.4 is 9.47 Å². The highest BCUT2D eigenvalue weighted by Gasteiger charge is 2.19. The fraction of sp³-hybridized carbons (Fsp3) is 0.375. The standard InChI is InChI=1S/C24H28Cl2O7/c1-4-30-9-10-31-11-12-32-23-20(25)13-18(14-21(23)26)33-15-17-7-5-6-8-19(17)22(24(27)28)16(2)29-3/h5-8,13-14H,4,9-12,15H2,1-3H3,(H,27,28). The zero-order valence-electron chi connectivity index (χ0n) is 18.9. The predicted octanol–water partition coefficient (Wildman–Crippen LogP) is 5.47. The summed E-state index contributed by atoms with van der Waals surface area (Å²) in [6, 6.07) is 10.2. The third-order valence-corrected chi connectivity index (χ3v) is 5.14. The summed E-state index contributed by atoms with van der Waals surface area (Å²) in [4.78, 5) is 11.8. The molecule has 0 aliphatic carbocycles. The average molecular weight is 499 g/mol. The molecule has 0 aromatic heterocycles. The van der Waals surface area contributed by atoms with Gasteiger partial charge in [0.05, 0.1) is 37.0 Å². The number of ether oxygens (including phenoxy) is 5. The molecule has 2 rings (SSSR count). The van der Waals surface area contributed by atoms with Crippen LogP contribution >= 0.6 is 23.2 Å². The number of rotatable bonds is 14. The number of carboxylic acid groups (broad SMARTS) is 1. The Hall–Kier alpha value is -2.45. The van der Waals surface area contributed by atoms with Crippen LogP contribution in [0.2, 0.25) is 10.0 Å². The van der Waals surface area contributed by atoms with Crippen molar-refractivity contribution in [3.05, 3.63) is 63.3 Å². The van der Waals surface area contributed by atoms with Gasteiger partial charge in [0.25, 0.3) is 0 Å². The van der Waals surface area contributed by atoms with Crippen molar-refractivity contribution in [2.24, 2.45) is 0 Å². The Labute approximate surface area is 203 Å². The van der Waals surface area contributed by atoms with Crippen molar-refractivity contribution in [1.82, 2.24) is 0 Å². The van der Waals surface area contributed by atoms with Crippen LogP contribution in [-0.2, 0) is 25.6 Å². The third kappa shape index (κ3) is 8.12. The molecule has 2 aromatic rings. The Morgan fingerprint density at radius 1 is 0.970 bits per heavy atom. The van der Waals surface area contributed by atoms with Crippen molar-refractivity contribution in [2.75, 3.05) is 40.1 Å². The number of allylic oxidation sites excluding steroid dienone is 1. The summed E-state index contributed by atoms with van der Waals surface area (Å²) in [6.45, 7) is 5.93. The molecule has 9 heteroatoms. The van der Waals surface area contributed by atoms with Gasteiger partial charge in [0.2, 0.25) is 0 Å². The Morgan fingerprint density at radius 3 is 2.24 bits per heavy atom. The Bertz CT molecular complexity index is 937. The first-order chi connectivity index (χ1) is 15.9. The molecule has 0 aliphatic rings. The molecule has 0 spiro atoms. The number of carbonyl (C=O) groups is 1. The van der Waals surface area contributed by atoms with Gasteiger partial charge in [-0.3, -0.25) is 0 Å². The van der Waals surface area contributed by atoms with Gasteiger partial charge in [-0.2, -0.15) is 0 Å². The van der Waals surface area contributed by atoms with Crippen molar-refractivity contribution in [3.63, 3.8) is 0 Å². The maximum absolute atomic E-state index is 11.8. The van der Waals surface area contributed by atoms with Crippen molar-refractivity contribution in [3.8, 4) is 11.5 Å². The molecule has 1 N–H and O–H groups in total. The number of hydrogen-bond donors (Lipinski definition) is 1. The summed E-state index contributed by atoms with van der Waals surface area (Å²) < 4.78 is 27.2. The lowest BCUT2D eigenvalue weighted by atomic mass is 9.99. The van der Waals surface area contributed by atoms with Crippen molar-refractivity contribution in [2.45, 2.75) is 20.5 Å². The number of carboxylic acids is 1. The van der Waals surface area contributed by atoms with E-state index in [1.807, 2.05) is 6.92 Å². The minimum absolute atomic E-state index is 0.0694. The smallest absolute Gasteiger partial charge is 0.339 e. The summed E-state index contributed by atoms with van der Waals surface area (Å²) >= 11 is 12.7. The van der Waals surface area contributed by atoms with Crippen LogP contribution in [0, 0.1) is 0 Å². The fourth-order valence-corrected chi connectivity index (χ4v) is 3.51. The van der Waals surface area contributed by atoms with Crippen molar-refractivity contribution >= 4 is 34.7 Å². The van der Waals surface area contributed by atoms with Gasteiger partial charge in [0.15, 0.2) is 5.75 Å². The van der Waals surface area contributed by atoms with E-state index in [9.17, 15) is 9.90 Å². The van der Waals surface area contributed by atoms with E-state index in [1.165, 1.54) is 7.11 Å². The van der Waals surface area contributed by atoms with Crippen LogP contribution in [0.5, 0.6) is 11.5 Å².